The van der Waals surface area contributed by atoms with Gasteiger partial charge in [-0.05, 0) is 0 Å². The first kappa shape index (κ1) is 9.62. The molecule has 0 bridgehead atoms. The van der Waals surface area contributed by atoms with Crippen molar-refractivity contribution < 1.29 is 28.3 Å². The van der Waals surface area contributed by atoms with Gasteiger partial charge in [0.05, 0.1) is 0 Å². The molecule has 72 valence electrons. The van der Waals surface area contributed by atoms with Gasteiger partial charge in [-0.2, -0.15) is 8.42 Å². The molecule has 1 aromatic carbocycles. The predicted molar refractivity (Wildman–Crippen MR) is 41.3 cm³/mol. The van der Waals surface area contributed by atoms with E-state index in [2.05, 4.69) is 0 Å². The van der Waals surface area contributed by atoms with Crippen molar-refractivity contribution in [3.8, 4) is 17.2 Å². The van der Waals surface area contributed by atoms with Gasteiger partial charge in [0, 0.05) is 12.1 Å². The summed E-state index contributed by atoms with van der Waals surface area (Å²) in [6.45, 7) is 0. The van der Waals surface area contributed by atoms with Gasteiger partial charge in [-0.3, -0.25) is 4.55 Å². The van der Waals surface area contributed by atoms with Gasteiger partial charge in [0.1, 0.15) is 4.90 Å². The lowest BCUT2D eigenvalue weighted by Gasteiger charge is -2.02. The first-order chi connectivity index (χ1) is 5.82. The zero-order valence-corrected chi connectivity index (χ0v) is 6.98. The van der Waals surface area contributed by atoms with Gasteiger partial charge in [0.25, 0.3) is 10.1 Å². The third-order valence-electron chi connectivity index (χ3n) is 1.34. The van der Waals surface area contributed by atoms with Crippen LogP contribution in [0.2, 0.25) is 0 Å². The Kier molecular flexibility index (Phi) is 2.06. The average molecular weight is 206 g/mol. The third kappa shape index (κ3) is 1.82. The number of hydrogen-bond acceptors (Lipinski definition) is 5. The van der Waals surface area contributed by atoms with Crippen molar-refractivity contribution in [2.75, 3.05) is 0 Å². The molecule has 0 unspecified atom stereocenters. The van der Waals surface area contributed by atoms with Crippen LogP contribution in [0.4, 0.5) is 0 Å². The molecule has 0 saturated carbocycles. The lowest BCUT2D eigenvalue weighted by Crippen LogP contribution is -1.97. The number of phenols is 3. The molecule has 1 rings (SSSR count). The molecule has 0 saturated heterocycles. The molecule has 0 aromatic heterocycles. The van der Waals surface area contributed by atoms with Gasteiger partial charge in [-0.1, -0.05) is 0 Å². The van der Waals surface area contributed by atoms with Crippen LogP contribution in [0.1, 0.15) is 0 Å². The number of benzene rings is 1. The molecule has 1 aromatic rings. The zero-order valence-electron chi connectivity index (χ0n) is 6.17. The summed E-state index contributed by atoms with van der Waals surface area (Å²) in [4.78, 5) is -0.694. The molecule has 0 heterocycles. The molecular formula is C6H6O6S. The predicted octanol–water partition coefficient (Wildman–Crippen LogP) is 0.0501. The first-order valence-corrected chi connectivity index (χ1v) is 4.49. The Morgan fingerprint density at radius 1 is 1.00 bits per heavy atom. The van der Waals surface area contributed by atoms with E-state index in [4.69, 9.17) is 19.9 Å². The van der Waals surface area contributed by atoms with Gasteiger partial charge < -0.3 is 15.3 Å². The lowest BCUT2D eigenvalue weighted by atomic mass is 10.3. The fraction of sp³-hybridized carbons (Fsp3) is 0. The molecular weight excluding hydrogens is 200 g/mol. The van der Waals surface area contributed by atoms with E-state index in [1.165, 1.54) is 0 Å². The van der Waals surface area contributed by atoms with E-state index in [9.17, 15) is 8.42 Å². The van der Waals surface area contributed by atoms with Gasteiger partial charge in [0.15, 0.2) is 17.2 Å². The van der Waals surface area contributed by atoms with Crippen LogP contribution >= 0.6 is 0 Å². The van der Waals surface area contributed by atoms with Crippen molar-refractivity contribution in [2.45, 2.75) is 4.90 Å². The number of rotatable bonds is 1. The monoisotopic (exact) mass is 206 g/mol. The first-order valence-electron chi connectivity index (χ1n) is 3.05. The number of hydrogen-bond donors (Lipinski definition) is 4. The number of aromatic hydroxyl groups is 3. The molecule has 7 heteroatoms. The fourth-order valence-corrected chi connectivity index (χ4v) is 1.25. The molecule has 0 aliphatic heterocycles. The quantitative estimate of drug-likeness (QED) is 0.381. The van der Waals surface area contributed by atoms with Crippen LogP contribution in [0.15, 0.2) is 17.0 Å². The van der Waals surface area contributed by atoms with E-state index in [1.54, 1.807) is 0 Å². The molecule has 0 spiro atoms. The smallest absolute Gasteiger partial charge is 0.294 e. The summed E-state index contributed by atoms with van der Waals surface area (Å²) in [7, 11) is -4.50. The summed E-state index contributed by atoms with van der Waals surface area (Å²) < 4.78 is 29.5. The van der Waals surface area contributed by atoms with E-state index >= 15 is 0 Å². The summed E-state index contributed by atoms with van der Waals surface area (Å²) in [6.07, 6.45) is 0. The van der Waals surface area contributed by atoms with Crippen molar-refractivity contribution >= 4 is 10.1 Å². The van der Waals surface area contributed by atoms with Crippen molar-refractivity contribution in [1.82, 2.24) is 0 Å². The largest absolute Gasteiger partial charge is 0.504 e. The van der Waals surface area contributed by atoms with Crippen LogP contribution in [-0.4, -0.2) is 28.3 Å². The summed E-state index contributed by atoms with van der Waals surface area (Å²) in [5.41, 5.74) is 0. The highest BCUT2D eigenvalue weighted by atomic mass is 32.2. The van der Waals surface area contributed by atoms with Crippen LogP contribution in [0.5, 0.6) is 17.2 Å². The zero-order chi connectivity index (χ0) is 10.2. The minimum atomic E-state index is -4.50. The normalized spacial score (nSPS) is 11.5. The SMILES string of the molecule is O=S(=O)(O)c1cc(O)c(O)c(O)c1. The molecule has 0 aliphatic carbocycles. The van der Waals surface area contributed by atoms with Crippen LogP contribution in [0, 0.1) is 0 Å². The van der Waals surface area contributed by atoms with E-state index in [1.807, 2.05) is 0 Å². The van der Waals surface area contributed by atoms with Crippen molar-refractivity contribution in [2.24, 2.45) is 0 Å². The van der Waals surface area contributed by atoms with Crippen molar-refractivity contribution in [3.05, 3.63) is 12.1 Å². The van der Waals surface area contributed by atoms with E-state index < -0.39 is 32.3 Å². The summed E-state index contributed by atoms with van der Waals surface area (Å²) in [5.74, 6) is -2.49. The highest BCUT2D eigenvalue weighted by Crippen LogP contribution is 2.36. The Balaban J connectivity index is 3.47. The molecule has 0 atom stereocenters. The second kappa shape index (κ2) is 2.79. The molecule has 0 aliphatic rings. The maximum atomic E-state index is 10.5. The van der Waals surface area contributed by atoms with Crippen molar-refractivity contribution in [1.29, 1.82) is 0 Å². The minimum Gasteiger partial charge on any atom is -0.504 e. The second-order valence-corrected chi connectivity index (χ2v) is 3.71. The number of phenolic OH excluding ortho intramolecular Hbond substituents is 3. The third-order valence-corrected chi connectivity index (χ3v) is 2.17. The maximum absolute atomic E-state index is 10.5. The van der Waals surface area contributed by atoms with Crippen LogP contribution in [0.3, 0.4) is 0 Å². The van der Waals surface area contributed by atoms with E-state index in [0.29, 0.717) is 12.1 Å². The van der Waals surface area contributed by atoms with E-state index in [-0.39, 0.29) is 0 Å². The van der Waals surface area contributed by atoms with Crippen LogP contribution in [0.25, 0.3) is 0 Å². The van der Waals surface area contributed by atoms with E-state index in [0.717, 1.165) is 0 Å². The van der Waals surface area contributed by atoms with Crippen LogP contribution in [-0.2, 0) is 10.1 Å². The Morgan fingerprint density at radius 2 is 1.38 bits per heavy atom. The van der Waals surface area contributed by atoms with Gasteiger partial charge >= 0.3 is 0 Å². The Morgan fingerprint density at radius 3 is 1.69 bits per heavy atom. The second-order valence-electron chi connectivity index (χ2n) is 2.29. The summed E-state index contributed by atoms with van der Waals surface area (Å²) in [6, 6.07) is 1.23. The topological polar surface area (TPSA) is 115 Å². The minimum absolute atomic E-state index is 0.615. The molecule has 0 fully saturated rings. The van der Waals surface area contributed by atoms with Gasteiger partial charge in [0.2, 0.25) is 0 Å². The maximum Gasteiger partial charge on any atom is 0.294 e. The molecule has 6 nitrogen and oxygen atoms in total. The Labute approximate surface area is 73.4 Å². The van der Waals surface area contributed by atoms with Crippen molar-refractivity contribution in [3.63, 3.8) is 0 Å². The Bertz CT molecular complexity index is 411. The summed E-state index contributed by atoms with van der Waals surface area (Å²) in [5, 5.41) is 26.5. The highest BCUT2D eigenvalue weighted by Gasteiger charge is 2.15. The highest BCUT2D eigenvalue weighted by molar-refractivity contribution is 7.85. The molecule has 0 amide bonds. The average Bonchev–Trinajstić information content (AvgIpc) is 1.97. The van der Waals surface area contributed by atoms with Gasteiger partial charge in [-0.15, -0.1) is 0 Å². The summed E-state index contributed by atoms with van der Waals surface area (Å²) >= 11 is 0. The fourth-order valence-electron chi connectivity index (χ4n) is 0.728. The van der Waals surface area contributed by atoms with Gasteiger partial charge in [-0.25, -0.2) is 0 Å². The molecule has 0 radical (unpaired) electrons. The standard InChI is InChI=1S/C6H6O6S/c7-4-1-3(13(10,11)12)2-5(8)6(4)9/h1-2,7-9H,(H,10,11,12). The Hall–Kier alpha value is -1.47. The van der Waals surface area contributed by atoms with Crippen LogP contribution < -0.4 is 0 Å². The molecule has 13 heavy (non-hydrogen) atoms. The lowest BCUT2D eigenvalue weighted by molar-refractivity contribution is 0.365. The molecule has 4 N–H and O–H groups in total.